The Morgan fingerprint density at radius 3 is 2.55 bits per heavy atom. The van der Waals surface area contributed by atoms with Crippen molar-refractivity contribution in [2.75, 3.05) is 46.3 Å². The molecule has 31 heavy (non-hydrogen) atoms. The van der Waals surface area contributed by atoms with E-state index in [4.69, 9.17) is 0 Å². The standard InChI is InChI=1S/C26H34N4O/c1-28-13-15-30(16-14-28)25(31)17-22-18-26(24-7-3-2-6-23(22)24)8-11-29(12-9-26)20-21-5-4-10-27-19-21/h2-7,10,19,22H,8-9,11-18,20H2,1H3/t22-/m1/s1. The van der Waals surface area contributed by atoms with E-state index < -0.39 is 0 Å². The Hall–Kier alpha value is -2.24. The van der Waals surface area contributed by atoms with Crippen LogP contribution in [0.3, 0.4) is 0 Å². The number of likely N-dealkylation sites (tertiary alicyclic amines) is 1. The number of rotatable bonds is 4. The zero-order valence-corrected chi connectivity index (χ0v) is 18.7. The summed E-state index contributed by atoms with van der Waals surface area (Å²) in [7, 11) is 2.14. The molecular weight excluding hydrogens is 384 g/mol. The molecule has 0 N–H and O–H groups in total. The summed E-state index contributed by atoms with van der Waals surface area (Å²) in [6.45, 7) is 6.94. The summed E-state index contributed by atoms with van der Waals surface area (Å²) in [5, 5.41) is 0. The van der Waals surface area contributed by atoms with E-state index in [1.165, 1.54) is 29.5 Å². The topological polar surface area (TPSA) is 39.7 Å². The lowest BCUT2D eigenvalue weighted by Gasteiger charge is -2.40. The molecule has 1 spiro atoms. The van der Waals surface area contributed by atoms with Gasteiger partial charge >= 0.3 is 0 Å². The van der Waals surface area contributed by atoms with Gasteiger partial charge in [-0.3, -0.25) is 14.7 Å². The van der Waals surface area contributed by atoms with Crippen LogP contribution in [0.5, 0.6) is 0 Å². The highest BCUT2D eigenvalue weighted by molar-refractivity contribution is 5.77. The minimum absolute atomic E-state index is 0.245. The third-order valence-corrected chi connectivity index (χ3v) is 7.83. The summed E-state index contributed by atoms with van der Waals surface area (Å²) < 4.78 is 0. The maximum Gasteiger partial charge on any atom is 0.223 e. The van der Waals surface area contributed by atoms with Crippen molar-refractivity contribution in [3.8, 4) is 0 Å². The average Bonchev–Trinajstić information content (AvgIpc) is 3.10. The maximum atomic E-state index is 13.1. The Balaban J connectivity index is 1.26. The largest absolute Gasteiger partial charge is 0.340 e. The molecule has 164 valence electrons. The zero-order chi connectivity index (χ0) is 21.3. The van der Waals surface area contributed by atoms with Crippen molar-refractivity contribution in [1.29, 1.82) is 0 Å². The second kappa shape index (κ2) is 8.71. The molecule has 2 aliphatic heterocycles. The third-order valence-electron chi connectivity index (χ3n) is 7.83. The number of carbonyl (C=O) groups is 1. The van der Waals surface area contributed by atoms with Gasteiger partial charge in [-0.05, 0) is 73.5 Å². The van der Waals surface area contributed by atoms with E-state index in [1.807, 2.05) is 18.5 Å². The van der Waals surface area contributed by atoms with Gasteiger partial charge in [0.1, 0.15) is 0 Å². The molecule has 2 fully saturated rings. The molecule has 2 saturated heterocycles. The van der Waals surface area contributed by atoms with Crippen LogP contribution in [-0.4, -0.2) is 71.9 Å². The van der Waals surface area contributed by atoms with Crippen LogP contribution in [0, 0.1) is 0 Å². The molecule has 1 aromatic carbocycles. The summed E-state index contributed by atoms with van der Waals surface area (Å²) in [6, 6.07) is 13.2. The number of hydrogen-bond donors (Lipinski definition) is 0. The van der Waals surface area contributed by atoms with Gasteiger partial charge in [0.25, 0.3) is 0 Å². The van der Waals surface area contributed by atoms with Gasteiger partial charge in [0.05, 0.1) is 0 Å². The minimum atomic E-state index is 0.245. The molecule has 5 nitrogen and oxygen atoms in total. The monoisotopic (exact) mass is 418 g/mol. The summed E-state index contributed by atoms with van der Waals surface area (Å²) in [5.74, 6) is 0.715. The van der Waals surface area contributed by atoms with E-state index in [-0.39, 0.29) is 5.41 Å². The second-order valence-electron chi connectivity index (χ2n) is 9.79. The molecule has 1 atom stereocenters. The fourth-order valence-corrected chi connectivity index (χ4v) is 5.97. The molecule has 1 aliphatic carbocycles. The molecule has 5 rings (SSSR count). The number of aromatic nitrogens is 1. The third kappa shape index (κ3) is 4.26. The molecular formula is C26H34N4O. The van der Waals surface area contributed by atoms with E-state index in [1.54, 1.807) is 0 Å². The average molecular weight is 419 g/mol. The first-order valence-corrected chi connectivity index (χ1v) is 11.8. The summed E-state index contributed by atoms with van der Waals surface area (Å²) >= 11 is 0. The number of carbonyl (C=O) groups excluding carboxylic acids is 1. The highest BCUT2D eigenvalue weighted by Gasteiger charge is 2.45. The van der Waals surface area contributed by atoms with Crippen molar-refractivity contribution in [3.63, 3.8) is 0 Å². The van der Waals surface area contributed by atoms with Gasteiger partial charge in [0.15, 0.2) is 0 Å². The van der Waals surface area contributed by atoms with Crippen LogP contribution in [0.25, 0.3) is 0 Å². The Bertz CT molecular complexity index is 899. The number of likely N-dealkylation sites (N-methyl/N-ethyl adjacent to an activating group) is 1. The lowest BCUT2D eigenvalue weighted by atomic mass is 9.73. The molecule has 3 heterocycles. The number of amides is 1. The van der Waals surface area contributed by atoms with Crippen LogP contribution < -0.4 is 0 Å². The summed E-state index contributed by atoms with van der Waals surface area (Å²) in [5.41, 5.74) is 4.49. The summed E-state index contributed by atoms with van der Waals surface area (Å²) in [6.07, 6.45) is 7.99. The minimum Gasteiger partial charge on any atom is -0.340 e. The van der Waals surface area contributed by atoms with Crippen LogP contribution in [0.15, 0.2) is 48.8 Å². The number of benzene rings is 1. The number of pyridine rings is 1. The Kier molecular flexibility index (Phi) is 5.81. The number of hydrogen-bond acceptors (Lipinski definition) is 4. The molecule has 0 bridgehead atoms. The Morgan fingerprint density at radius 1 is 1.03 bits per heavy atom. The highest BCUT2D eigenvalue weighted by Crippen LogP contribution is 2.52. The summed E-state index contributed by atoms with van der Waals surface area (Å²) in [4.78, 5) is 24.3. The first kappa shape index (κ1) is 20.7. The zero-order valence-electron chi connectivity index (χ0n) is 18.7. The van der Waals surface area contributed by atoms with Crippen LogP contribution in [-0.2, 0) is 16.8 Å². The van der Waals surface area contributed by atoms with Crippen molar-refractivity contribution in [3.05, 3.63) is 65.5 Å². The molecule has 0 saturated carbocycles. The molecule has 1 amide bonds. The Labute approximate surface area is 186 Å². The molecule has 5 heteroatoms. The smallest absolute Gasteiger partial charge is 0.223 e. The van der Waals surface area contributed by atoms with E-state index in [0.717, 1.165) is 52.2 Å². The van der Waals surface area contributed by atoms with Crippen molar-refractivity contribution in [2.45, 2.75) is 43.6 Å². The van der Waals surface area contributed by atoms with Crippen LogP contribution in [0.2, 0.25) is 0 Å². The first-order chi connectivity index (χ1) is 15.1. The number of fused-ring (bicyclic) bond motifs is 2. The van der Waals surface area contributed by atoms with Crippen molar-refractivity contribution < 1.29 is 4.79 Å². The van der Waals surface area contributed by atoms with Gasteiger partial charge in [0.2, 0.25) is 5.91 Å². The Morgan fingerprint density at radius 2 is 1.81 bits per heavy atom. The predicted molar refractivity (Wildman–Crippen MR) is 123 cm³/mol. The van der Waals surface area contributed by atoms with E-state index >= 15 is 0 Å². The molecule has 0 unspecified atom stereocenters. The van der Waals surface area contributed by atoms with Crippen molar-refractivity contribution in [2.24, 2.45) is 0 Å². The number of nitrogens with zero attached hydrogens (tertiary/aromatic N) is 4. The maximum absolute atomic E-state index is 13.1. The predicted octanol–water partition coefficient (Wildman–Crippen LogP) is 3.27. The van der Waals surface area contributed by atoms with Crippen LogP contribution >= 0.6 is 0 Å². The SMILES string of the molecule is CN1CCN(C(=O)C[C@@H]2CC3(CCN(Cc4cccnc4)CC3)c3ccccc32)CC1. The van der Waals surface area contributed by atoms with Gasteiger partial charge in [-0.15, -0.1) is 0 Å². The van der Waals surface area contributed by atoms with Crippen molar-refractivity contribution in [1.82, 2.24) is 19.7 Å². The fraction of sp³-hybridized carbons (Fsp3) is 0.538. The van der Waals surface area contributed by atoms with E-state index in [0.29, 0.717) is 18.2 Å². The quantitative estimate of drug-likeness (QED) is 0.764. The highest BCUT2D eigenvalue weighted by atomic mass is 16.2. The van der Waals surface area contributed by atoms with Gasteiger partial charge in [-0.2, -0.15) is 0 Å². The lowest BCUT2D eigenvalue weighted by Crippen LogP contribution is -2.47. The van der Waals surface area contributed by atoms with Gasteiger partial charge in [-0.25, -0.2) is 0 Å². The van der Waals surface area contributed by atoms with Gasteiger partial charge in [-0.1, -0.05) is 30.3 Å². The number of piperazine rings is 1. The van der Waals surface area contributed by atoms with Crippen LogP contribution in [0.1, 0.15) is 48.3 Å². The lowest BCUT2D eigenvalue weighted by molar-refractivity contribution is -0.133. The van der Waals surface area contributed by atoms with Crippen molar-refractivity contribution >= 4 is 5.91 Å². The molecule has 3 aliphatic rings. The first-order valence-electron chi connectivity index (χ1n) is 11.8. The van der Waals surface area contributed by atoms with E-state index in [2.05, 4.69) is 57.1 Å². The van der Waals surface area contributed by atoms with Gasteiger partial charge < -0.3 is 9.80 Å². The van der Waals surface area contributed by atoms with Gasteiger partial charge in [0, 0.05) is 51.5 Å². The normalized spacial score (nSPS) is 23.8. The fourth-order valence-electron chi connectivity index (χ4n) is 5.97. The molecule has 1 aromatic heterocycles. The number of piperidine rings is 1. The molecule has 0 radical (unpaired) electrons. The second-order valence-corrected chi connectivity index (χ2v) is 9.79. The molecule has 2 aromatic rings. The van der Waals surface area contributed by atoms with E-state index in [9.17, 15) is 4.79 Å². The van der Waals surface area contributed by atoms with Crippen LogP contribution in [0.4, 0.5) is 0 Å².